The van der Waals surface area contributed by atoms with Gasteiger partial charge in [-0.2, -0.15) is 0 Å². The van der Waals surface area contributed by atoms with Crippen LogP contribution in [0.25, 0.3) is 16.9 Å². The molecule has 0 atom stereocenters. The molecule has 0 saturated heterocycles. The molecule has 2 heterocycles. The van der Waals surface area contributed by atoms with E-state index in [0.717, 1.165) is 16.8 Å². The summed E-state index contributed by atoms with van der Waals surface area (Å²) in [6, 6.07) is 4.82. The molecule has 1 aliphatic rings. The van der Waals surface area contributed by atoms with Crippen molar-refractivity contribution in [3.8, 4) is 11.3 Å². The SMILES string of the molecule is Cc1ccc(S(=O)(=O)N[C@H]2CC[C@H](NC(=O)OC(C)(C)C)CC2)cc1-c1cnc2c(N)nccn12. The summed E-state index contributed by atoms with van der Waals surface area (Å²) in [4.78, 5) is 20.6. The molecule has 0 bridgehead atoms. The number of benzene rings is 1. The zero-order chi connectivity index (χ0) is 25.4. The van der Waals surface area contributed by atoms with Crippen LogP contribution in [0.2, 0.25) is 0 Å². The highest BCUT2D eigenvalue weighted by Gasteiger charge is 2.28. The quantitative estimate of drug-likeness (QED) is 0.487. The van der Waals surface area contributed by atoms with Crippen molar-refractivity contribution >= 4 is 27.6 Å². The van der Waals surface area contributed by atoms with Gasteiger partial charge in [0.1, 0.15) is 5.60 Å². The van der Waals surface area contributed by atoms with Gasteiger partial charge in [-0.25, -0.2) is 27.9 Å². The molecule has 1 aliphatic carbocycles. The number of ether oxygens (including phenoxy) is 1. The summed E-state index contributed by atoms with van der Waals surface area (Å²) in [6.45, 7) is 7.37. The third-order valence-corrected chi connectivity index (χ3v) is 7.54. The van der Waals surface area contributed by atoms with E-state index in [2.05, 4.69) is 20.0 Å². The molecule has 1 fully saturated rings. The topological polar surface area (TPSA) is 141 Å². The number of nitrogen functional groups attached to an aromatic ring is 1. The zero-order valence-corrected chi connectivity index (χ0v) is 21.2. The van der Waals surface area contributed by atoms with Gasteiger partial charge in [-0.05, 0) is 71.1 Å². The molecular weight excluding hydrogens is 468 g/mol. The number of nitrogens with one attached hydrogen (secondary N) is 2. The van der Waals surface area contributed by atoms with Crippen LogP contribution in [0.1, 0.15) is 52.0 Å². The van der Waals surface area contributed by atoms with Gasteiger partial charge in [0, 0.05) is 30.0 Å². The monoisotopic (exact) mass is 500 g/mol. The van der Waals surface area contributed by atoms with E-state index in [0.29, 0.717) is 37.1 Å². The number of hydrogen-bond acceptors (Lipinski definition) is 7. The zero-order valence-electron chi connectivity index (χ0n) is 20.4. The predicted octanol–water partition coefficient (Wildman–Crippen LogP) is 3.40. The fourth-order valence-electron chi connectivity index (χ4n) is 4.30. The lowest BCUT2D eigenvalue weighted by atomic mass is 9.92. The number of amides is 1. The third kappa shape index (κ3) is 5.73. The first kappa shape index (κ1) is 24.9. The highest BCUT2D eigenvalue weighted by atomic mass is 32.2. The number of aryl methyl sites for hydroxylation is 1. The molecule has 11 heteroatoms. The minimum atomic E-state index is -3.74. The Hall–Kier alpha value is -3.18. The van der Waals surface area contributed by atoms with E-state index in [1.54, 1.807) is 41.2 Å². The van der Waals surface area contributed by atoms with Gasteiger partial charge in [0.25, 0.3) is 0 Å². The van der Waals surface area contributed by atoms with E-state index in [1.165, 1.54) is 0 Å². The summed E-state index contributed by atoms with van der Waals surface area (Å²) in [5, 5.41) is 2.88. The van der Waals surface area contributed by atoms with Gasteiger partial charge in [0.2, 0.25) is 10.0 Å². The molecule has 10 nitrogen and oxygen atoms in total. The van der Waals surface area contributed by atoms with Crippen LogP contribution in [-0.2, 0) is 14.8 Å². The molecule has 188 valence electrons. The number of sulfonamides is 1. The van der Waals surface area contributed by atoms with Gasteiger partial charge < -0.3 is 15.8 Å². The van der Waals surface area contributed by atoms with Gasteiger partial charge in [0.05, 0.1) is 16.8 Å². The Kier molecular flexibility index (Phi) is 6.74. The highest BCUT2D eigenvalue weighted by Crippen LogP contribution is 2.29. The van der Waals surface area contributed by atoms with Crippen LogP contribution in [0.5, 0.6) is 0 Å². The number of rotatable bonds is 5. The maximum atomic E-state index is 13.2. The lowest BCUT2D eigenvalue weighted by Crippen LogP contribution is -2.45. The summed E-state index contributed by atoms with van der Waals surface area (Å²) < 4.78 is 36.4. The van der Waals surface area contributed by atoms with E-state index in [9.17, 15) is 13.2 Å². The van der Waals surface area contributed by atoms with E-state index >= 15 is 0 Å². The molecule has 0 aliphatic heterocycles. The molecule has 2 aromatic heterocycles. The summed E-state index contributed by atoms with van der Waals surface area (Å²) in [5.74, 6) is 0.304. The minimum Gasteiger partial charge on any atom is -0.444 e. The molecule has 1 amide bonds. The van der Waals surface area contributed by atoms with Crippen LogP contribution >= 0.6 is 0 Å². The number of carbonyl (C=O) groups excluding carboxylic acids is 1. The van der Waals surface area contributed by atoms with Crippen molar-refractivity contribution in [1.82, 2.24) is 24.4 Å². The van der Waals surface area contributed by atoms with Crippen LogP contribution < -0.4 is 15.8 Å². The summed E-state index contributed by atoms with van der Waals surface area (Å²) in [7, 11) is -3.74. The smallest absolute Gasteiger partial charge is 0.407 e. The Labute approximate surface area is 205 Å². The Bertz CT molecular complexity index is 1340. The number of fused-ring (bicyclic) bond motifs is 1. The van der Waals surface area contributed by atoms with Crippen molar-refractivity contribution in [3.63, 3.8) is 0 Å². The van der Waals surface area contributed by atoms with Crippen molar-refractivity contribution in [3.05, 3.63) is 42.4 Å². The maximum Gasteiger partial charge on any atom is 0.407 e. The first-order chi connectivity index (χ1) is 16.4. The number of anilines is 1. The van der Waals surface area contributed by atoms with Gasteiger partial charge >= 0.3 is 6.09 Å². The molecule has 0 radical (unpaired) electrons. The normalized spacial score (nSPS) is 19.0. The number of nitrogens with two attached hydrogens (primary N) is 1. The minimum absolute atomic E-state index is 0.0337. The molecule has 0 unspecified atom stereocenters. The lowest BCUT2D eigenvalue weighted by molar-refractivity contribution is 0.0490. The van der Waals surface area contributed by atoms with Crippen molar-refractivity contribution in [2.45, 2.75) is 76.0 Å². The summed E-state index contributed by atoms with van der Waals surface area (Å²) in [5.41, 5.74) is 8.27. The summed E-state index contributed by atoms with van der Waals surface area (Å²) >= 11 is 0. The van der Waals surface area contributed by atoms with Crippen LogP contribution in [0.15, 0.2) is 41.7 Å². The third-order valence-electron chi connectivity index (χ3n) is 6.02. The standard InChI is InChI=1S/C24H32N6O4S/c1-15-5-10-18(13-19(15)20-14-27-22-21(25)26-11-12-30(20)22)35(32,33)29-17-8-6-16(7-9-17)28-23(31)34-24(2,3)4/h5,10-14,16-17,29H,6-9H2,1-4H3,(H2,25,26)(H,28,31)/t16-,17-. The number of carbonyl (C=O) groups is 1. The second-order valence-electron chi connectivity index (χ2n) is 9.94. The fraction of sp³-hybridized carbons (Fsp3) is 0.458. The van der Waals surface area contributed by atoms with Crippen LogP contribution in [0.4, 0.5) is 10.6 Å². The highest BCUT2D eigenvalue weighted by molar-refractivity contribution is 7.89. The predicted molar refractivity (Wildman–Crippen MR) is 133 cm³/mol. The number of hydrogen-bond donors (Lipinski definition) is 3. The molecule has 4 N–H and O–H groups in total. The molecule has 3 aromatic rings. The van der Waals surface area contributed by atoms with Crippen molar-refractivity contribution in [1.29, 1.82) is 0 Å². The second-order valence-corrected chi connectivity index (χ2v) is 11.7. The average Bonchev–Trinajstić information content (AvgIpc) is 3.19. The van der Waals surface area contributed by atoms with Gasteiger partial charge in [0.15, 0.2) is 11.5 Å². The largest absolute Gasteiger partial charge is 0.444 e. The van der Waals surface area contributed by atoms with Gasteiger partial charge in [-0.15, -0.1) is 0 Å². The van der Waals surface area contributed by atoms with Crippen LogP contribution in [0.3, 0.4) is 0 Å². The van der Waals surface area contributed by atoms with Crippen molar-refractivity contribution in [2.24, 2.45) is 0 Å². The van der Waals surface area contributed by atoms with Crippen LogP contribution in [-0.4, -0.2) is 46.6 Å². The molecular formula is C24H32N6O4S. The number of aromatic nitrogens is 3. The van der Waals surface area contributed by atoms with E-state index < -0.39 is 21.7 Å². The Morgan fingerprint density at radius 3 is 2.51 bits per heavy atom. The molecule has 35 heavy (non-hydrogen) atoms. The second kappa shape index (κ2) is 9.46. The Morgan fingerprint density at radius 1 is 1.14 bits per heavy atom. The van der Waals surface area contributed by atoms with Crippen LogP contribution in [0, 0.1) is 6.92 Å². The van der Waals surface area contributed by atoms with Crippen molar-refractivity contribution in [2.75, 3.05) is 5.73 Å². The molecule has 4 rings (SSSR count). The number of imidazole rings is 1. The van der Waals surface area contributed by atoms with E-state index in [1.807, 2.05) is 27.7 Å². The Balaban J connectivity index is 1.45. The van der Waals surface area contributed by atoms with Gasteiger partial charge in [-0.3, -0.25) is 4.40 Å². The number of alkyl carbamates (subject to hydrolysis) is 1. The fourth-order valence-corrected chi connectivity index (χ4v) is 5.63. The maximum absolute atomic E-state index is 13.2. The van der Waals surface area contributed by atoms with Gasteiger partial charge in [-0.1, -0.05) is 6.07 Å². The van der Waals surface area contributed by atoms with E-state index in [-0.39, 0.29) is 17.0 Å². The first-order valence-corrected chi connectivity index (χ1v) is 13.1. The van der Waals surface area contributed by atoms with E-state index in [4.69, 9.17) is 10.5 Å². The Morgan fingerprint density at radius 2 is 1.83 bits per heavy atom. The molecule has 1 aromatic carbocycles. The lowest BCUT2D eigenvalue weighted by Gasteiger charge is -2.30. The number of nitrogens with zero attached hydrogens (tertiary/aromatic N) is 3. The first-order valence-electron chi connectivity index (χ1n) is 11.6. The molecule has 0 spiro atoms. The average molecular weight is 501 g/mol. The summed E-state index contributed by atoms with van der Waals surface area (Å²) in [6.07, 6.45) is 7.13. The molecule has 1 saturated carbocycles. The van der Waals surface area contributed by atoms with Crippen molar-refractivity contribution < 1.29 is 17.9 Å².